The van der Waals surface area contributed by atoms with Crippen molar-refractivity contribution in [2.24, 2.45) is 0 Å². The fourth-order valence-corrected chi connectivity index (χ4v) is 3.10. The summed E-state index contributed by atoms with van der Waals surface area (Å²) in [5.74, 6) is 0.162. The van der Waals surface area contributed by atoms with Crippen LogP contribution in [-0.2, 0) is 11.0 Å². The van der Waals surface area contributed by atoms with E-state index in [-0.39, 0.29) is 12.5 Å². The average Bonchev–Trinajstić information content (AvgIpc) is 2.82. The molecule has 6 nitrogen and oxygen atoms in total. The van der Waals surface area contributed by atoms with Crippen molar-refractivity contribution in [3.8, 4) is 11.5 Å². The smallest absolute Gasteiger partial charge is 0.416 e. The molecule has 0 aliphatic rings. The number of methoxy groups -OCH3 is 1. The summed E-state index contributed by atoms with van der Waals surface area (Å²) in [6.07, 6.45) is -4.46. The summed E-state index contributed by atoms with van der Waals surface area (Å²) in [6.45, 7) is 1.36. The highest BCUT2D eigenvalue weighted by Crippen LogP contribution is 2.30. The number of benzene rings is 3. The summed E-state index contributed by atoms with van der Waals surface area (Å²) in [7, 11) is 1.53. The molecule has 0 saturated carbocycles. The molecule has 1 atom stereocenters. The van der Waals surface area contributed by atoms with Crippen LogP contribution in [0.5, 0.6) is 11.5 Å². The number of ether oxygens (including phenoxy) is 2. The van der Waals surface area contributed by atoms with Crippen molar-refractivity contribution in [3.63, 3.8) is 0 Å². The molecular formula is C25H23F3N2O4. The SMILES string of the molecule is COc1cccc(NC(=O)COc2ccc(C(=O)NC(C)c3cccc(C(F)(F)F)c3)cc2)c1. The highest BCUT2D eigenvalue weighted by atomic mass is 19.4. The normalized spacial score (nSPS) is 11.9. The van der Waals surface area contributed by atoms with Gasteiger partial charge in [-0.25, -0.2) is 0 Å². The van der Waals surface area contributed by atoms with Crippen LogP contribution in [0.2, 0.25) is 0 Å². The van der Waals surface area contributed by atoms with Gasteiger partial charge < -0.3 is 20.1 Å². The Morgan fingerprint density at radius 2 is 1.65 bits per heavy atom. The van der Waals surface area contributed by atoms with Gasteiger partial charge in [-0.3, -0.25) is 9.59 Å². The zero-order valence-corrected chi connectivity index (χ0v) is 18.5. The lowest BCUT2D eigenvalue weighted by Crippen LogP contribution is -2.26. The predicted molar refractivity (Wildman–Crippen MR) is 121 cm³/mol. The van der Waals surface area contributed by atoms with E-state index in [4.69, 9.17) is 9.47 Å². The van der Waals surface area contributed by atoms with Crippen LogP contribution in [-0.4, -0.2) is 25.5 Å². The highest BCUT2D eigenvalue weighted by Gasteiger charge is 2.30. The molecule has 0 spiro atoms. The molecule has 34 heavy (non-hydrogen) atoms. The maximum absolute atomic E-state index is 12.9. The molecule has 0 saturated heterocycles. The third-order valence-electron chi connectivity index (χ3n) is 4.90. The van der Waals surface area contributed by atoms with Crippen LogP contribution in [0.3, 0.4) is 0 Å². The minimum atomic E-state index is -4.46. The summed E-state index contributed by atoms with van der Waals surface area (Å²) in [4.78, 5) is 24.6. The Kier molecular flexibility index (Phi) is 7.78. The van der Waals surface area contributed by atoms with E-state index in [2.05, 4.69) is 10.6 Å². The number of nitrogens with one attached hydrogen (secondary N) is 2. The molecule has 0 aliphatic carbocycles. The molecule has 0 heterocycles. The number of halogens is 3. The standard InChI is InChI=1S/C25H23F3N2O4/c1-16(18-5-3-6-19(13-18)25(26,27)28)29-24(32)17-9-11-21(12-10-17)34-15-23(31)30-20-7-4-8-22(14-20)33-2/h3-14,16H,15H2,1-2H3,(H,29,32)(H,30,31). The molecule has 0 radical (unpaired) electrons. The van der Waals surface area contributed by atoms with Gasteiger partial charge in [-0.15, -0.1) is 0 Å². The Labute approximate surface area is 194 Å². The summed E-state index contributed by atoms with van der Waals surface area (Å²) in [5.41, 5.74) is 0.426. The lowest BCUT2D eigenvalue weighted by Gasteiger charge is -2.16. The number of anilines is 1. The first-order valence-electron chi connectivity index (χ1n) is 10.3. The van der Waals surface area contributed by atoms with Crippen LogP contribution < -0.4 is 20.1 Å². The van der Waals surface area contributed by atoms with E-state index in [0.717, 1.165) is 12.1 Å². The first-order chi connectivity index (χ1) is 16.2. The minimum Gasteiger partial charge on any atom is -0.497 e. The lowest BCUT2D eigenvalue weighted by molar-refractivity contribution is -0.137. The van der Waals surface area contributed by atoms with Gasteiger partial charge in [-0.2, -0.15) is 13.2 Å². The van der Waals surface area contributed by atoms with Crippen molar-refractivity contribution in [2.75, 3.05) is 19.0 Å². The van der Waals surface area contributed by atoms with Crippen molar-refractivity contribution >= 4 is 17.5 Å². The number of carbonyl (C=O) groups is 2. The van der Waals surface area contributed by atoms with Gasteiger partial charge >= 0.3 is 6.18 Å². The lowest BCUT2D eigenvalue weighted by atomic mass is 10.0. The Morgan fingerprint density at radius 3 is 2.32 bits per heavy atom. The van der Waals surface area contributed by atoms with Crippen molar-refractivity contribution < 1.29 is 32.2 Å². The minimum absolute atomic E-state index is 0.241. The first kappa shape index (κ1) is 24.6. The molecule has 3 aromatic rings. The number of amides is 2. The summed E-state index contributed by atoms with van der Waals surface area (Å²) >= 11 is 0. The molecular weight excluding hydrogens is 449 g/mol. The van der Waals surface area contributed by atoms with E-state index in [1.165, 1.54) is 43.5 Å². The fourth-order valence-electron chi connectivity index (χ4n) is 3.10. The van der Waals surface area contributed by atoms with Gasteiger partial charge in [0.05, 0.1) is 18.7 Å². The fraction of sp³-hybridized carbons (Fsp3) is 0.200. The van der Waals surface area contributed by atoms with E-state index < -0.39 is 23.7 Å². The third kappa shape index (κ3) is 6.74. The second-order valence-corrected chi connectivity index (χ2v) is 7.41. The molecule has 0 aromatic heterocycles. The Bertz CT molecular complexity index is 1150. The van der Waals surface area contributed by atoms with Crippen molar-refractivity contribution in [1.29, 1.82) is 0 Å². The van der Waals surface area contributed by atoms with Crippen LogP contribution in [0.4, 0.5) is 18.9 Å². The molecule has 0 bridgehead atoms. The van der Waals surface area contributed by atoms with Gasteiger partial charge in [0.2, 0.25) is 0 Å². The average molecular weight is 472 g/mol. The highest BCUT2D eigenvalue weighted by molar-refractivity contribution is 5.94. The molecule has 3 aromatic carbocycles. The molecule has 1 unspecified atom stereocenters. The quantitative estimate of drug-likeness (QED) is 0.471. The maximum Gasteiger partial charge on any atom is 0.416 e. The van der Waals surface area contributed by atoms with Crippen molar-refractivity contribution in [2.45, 2.75) is 19.1 Å². The van der Waals surface area contributed by atoms with Crippen molar-refractivity contribution in [1.82, 2.24) is 5.32 Å². The van der Waals surface area contributed by atoms with Gasteiger partial charge in [0.15, 0.2) is 6.61 Å². The zero-order chi connectivity index (χ0) is 24.7. The topological polar surface area (TPSA) is 76.7 Å². The number of hydrogen-bond acceptors (Lipinski definition) is 4. The van der Waals surface area contributed by atoms with Gasteiger partial charge in [-0.05, 0) is 61.0 Å². The summed E-state index contributed by atoms with van der Waals surface area (Å²) in [6, 6.07) is 17.1. The van der Waals surface area contributed by atoms with Crippen LogP contribution in [0, 0.1) is 0 Å². The van der Waals surface area contributed by atoms with E-state index in [1.807, 2.05) is 0 Å². The Hall–Kier alpha value is -4.01. The molecule has 178 valence electrons. The van der Waals surface area contributed by atoms with Crippen LogP contribution in [0.1, 0.15) is 34.5 Å². The molecule has 9 heteroatoms. The number of hydrogen-bond donors (Lipinski definition) is 2. The Balaban J connectivity index is 1.53. The zero-order valence-electron chi connectivity index (χ0n) is 18.5. The molecule has 3 rings (SSSR count). The van der Waals surface area contributed by atoms with Crippen LogP contribution in [0.25, 0.3) is 0 Å². The van der Waals surface area contributed by atoms with Crippen molar-refractivity contribution in [3.05, 3.63) is 89.5 Å². The number of rotatable bonds is 8. The van der Waals surface area contributed by atoms with Crippen LogP contribution in [0.15, 0.2) is 72.8 Å². The van der Waals surface area contributed by atoms with E-state index in [9.17, 15) is 22.8 Å². The molecule has 2 N–H and O–H groups in total. The third-order valence-corrected chi connectivity index (χ3v) is 4.90. The second kappa shape index (κ2) is 10.7. The largest absolute Gasteiger partial charge is 0.497 e. The molecule has 0 fully saturated rings. The van der Waals surface area contributed by atoms with E-state index in [1.54, 1.807) is 31.2 Å². The molecule has 2 amide bonds. The first-order valence-corrected chi connectivity index (χ1v) is 10.3. The number of alkyl halides is 3. The monoisotopic (exact) mass is 472 g/mol. The van der Waals surface area contributed by atoms with Gasteiger partial charge in [0.1, 0.15) is 11.5 Å². The van der Waals surface area contributed by atoms with Gasteiger partial charge in [0, 0.05) is 17.3 Å². The summed E-state index contributed by atoms with van der Waals surface area (Å²) < 4.78 is 49.3. The van der Waals surface area contributed by atoms with Crippen LogP contribution >= 0.6 is 0 Å². The second-order valence-electron chi connectivity index (χ2n) is 7.41. The van der Waals surface area contributed by atoms with E-state index in [0.29, 0.717) is 28.3 Å². The maximum atomic E-state index is 12.9. The van der Waals surface area contributed by atoms with Gasteiger partial charge in [-0.1, -0.05) is 18.2 Å². The number of carbonyl (C=O) groups excluding carboxylic acids is 2. The van der Waals surface area contributed by atoms with Gasteiger partial charge in [0.25, 0.3) is 11.8 Å². The predicted octanol–water partition coefficient (Wildman–Crippen LogP) is 5.22. The molecule has 0 aliphatic heterocycles. The van der Waals surface area contributed by atoms with E-state index >= 15 is 0 Å². The summed E-state index contributed by atoms with van der Waals surface area (Å²) in [5, 5.41) is 5.36. The Morgan fingerprint density at radius 1 is 0.941 bits per heavy atom.